The molecule has 1 heterocycles. The van der Waals surface area contributed by atoms with Crippen molar-refractivity contribution >= 4 is 17.9 Å². The van der Waals surface area contributed by atoms with E-state index >= 15 is 0 Å². The first-order valence-electron chi connectivity index (χ1n) is 10.6. The van der Waals surface area contributed by atoms with E-state index in [0.717, 1.165) is 23.8 Å². The Kier molecular flexibility index (Phi) is 8.73. The summed E-state index contributed by atoms with van der Waals surface area (Å²) in [5, 5.41) is 0. The molecular weight excluding hydrogens is 390 g/mol. The lowest BCUT2D eigenvalue weighted by Crippen LogP contribution is -2.38. The van der Waals surface area contributed by atoms with Gasteiger partial charge in [0.25, 0.3) is 5.56 Å². The average Bonchev–Trinajstić information content (AvgIpc) is 2.77. The van der Waals surface area contributed by atoms with Crippen molar-refractivity contribution in [3.63, 3.8) is 0 Å². The number of nitrogens with two attached hydrogens (primary N) is 1. The van der Waals surface area contributed by atoms with Crippen LogP contribution in [0.1, 0.15) is 42.9 Å². The third-order valence-corrected chi connectivity index (χ3v) is 5.38. The molecule has 1 aromatic heterocycles. The zero-order chi connectivity index (χ0) is 23.0. The number of aliphatic imine (C=N–C) groups is 2. The number of nitrogens with zero attached hydrogens (tertiary/aromatic N) is 4. The third kappa shape index (κ3) is 6.64. The van der Waals surface area contributed by atoms with Crippen LogP contribution in [0.25, 0.3) is 0 Å². The number of hydrogen-bond donors (Lipinski definition) is 1. The van der Waals surface area contributed by atoms with Crippen molar-refractivity contribution in [3.8, 4) is 0 Å². The summed E-state index contributed by atoms with van der Waals surface area (Å²) in [5.74, 6) is 1.14. The maximum Gasteiger partial charge on any atom is 0.332 e. The fraction of sp³-hybridized carbons (Fsp3) is 0.417. The molecule has 0 spiro atoms. The van der Waals surface area contributed by atoms with Crippen LogP contribution in [-0.4, -0.2) is 21.2 Å². The van der Waals surface area contributed by atoms with Crippen LogP contribution in [0.3, 0.4) is 0 Å². The second kappa shape index (κ2) is 11.2. The largest absolute Gasteiger partial charge is 0.387 e. The molecule has 0 saturated carbocycles. The highest BCUT2D eigenvalue weighted by molar-refractivity contribution is 5.81. The summed E-state index contributed by atoms with van der Waals surface area (Å²) >= 11 is 0. The molecule has 0 aliphatic carbocycles. The second-order valence-corrected chi connectivity index (χ2v) is 7.83. The van der Waals surface area contributed by atoms with Crippen molar-refractivity contribution in [2.24, 2.45) is 35.7 Å². The fourth-order valence-electron chi connectivity index (χ4n) is 3.20. The first-order chi connectivity index (χ1) is 14.7. The summed E-state index contributed by atoms with van der Waals surface area (Å²) in [5.41, 5.74) is 8.28. The van der Waals surface area contributed by atoms with Crippen LogP contribution in [0.4, 0.5) is 5.82 Å². The Hall–Kier alpha value is -3.22. The van der Waals surface area contributed by atoms with Gasteiger partial charge in [-0.1, -0.05) is 42.8 Å². The van der Waals surface area contributed by atoms with E-state index < -0.39 is 0 Å². The van der Waals surface area contributed by atoms with E-state index in [9.17, 15) is 9.59 Å². The van der Waals surface area contributed by atoms with Gasteiger partial charge < -0.3 is 5.73 Å². The van der Waals surface area contributed by atoms with Crippen molar-refractivity contribution in [1.29, 1.82) is 0 Å². The van der Waals surface area contributed by atoms with Crippen molar-refractivity contribution in [2.75, 3.05) is 0 Å². The molecule has 7 heteroatoms. The molecule has 1 aromatic carbocycles. The minimum Gasteiger partial charge on any atom is -0.387 e. The first kappa shape index (κ1) is 24.1. The molecular formula is C24H33N5O2. The standard InChI is InChI=1S/C24H33N5O2/c1-6-19(16-27-22-18(3)23(30)29(5)24(31)28(22)4)13-14-21(25)26-15-7-8-20-11-9-17(2)10-12-20/h7,9-12,15-16,19H,6,8,13-14H2,1-5H3,(H2,25,26)/b15-7+,27-16-. The van der Waals surface area contributed by atoms with Gasteiger partial charge in [0.05, 0.1) is 11.4 Å². The number of benzene rings is 1. The van der Waals surface area contributed by atoms with E-state index in [-0.39, 0.29) is 17.2 Å². The molecule has 7 nitrogen and oxygen atoms in total. The maximum absolute atomic E-state index is 12.2. The lowest BCUT2D eigenvalue weighted by atomic mass is 10.0. The van der Waals surface area contributed by atoms with Crippen molar-refractivity contribution in [3.05, 3.63) is 74.1 Å². The van der Waals surface area contributed by atoms with E-state index in [1.807, 2.05) is 12.3 Å². The lowest BCUT2D eigenvalue weighted by molar-refractivity contribution is 0.629. The van der Waals surface area contributed by atoms with Gasteiger partial charge in [-0.25, -0.2) is 14.8 Å². The van der Waals surface area contributed by atoms with Gasteiger partial charge in [-0.15, -0.1) is 0 Å². The molecule has 2 rings (SSSR count). The first-order valence-corrected chi connectivity index (χ1v) is 10.6. The smallest absolute Gasteiger partial charge is 0.332 e. The molecule has 0 saturated heterocycles. The van der Waals surface area contributed by atoms with Gasteiger partial charge in [-0.3, -0.25) is 13.9 Å². The van der Waals surface area contributed by atoms with E-state index in [1.165, 1.54) is 22.7 Å². The van der Waals surface area contributed by atoms with E-state index in [1.54, 1.807) is 20.2 Å². The Labute approximate surface area is 183 Å². The number of rotatable bonds is 9. The average molecular weight is 424 g/mol. The lowest BCUT2D eigenvalue weighted by Gasteiger charge is -2.11. The minimum atomic E-state index is -0.385. The summed E-state index contributed by atoms with van der Waals surface area (Å²) in [6.45, 7) is 5.83. The van der Waals surface area contributed by atoms with Crippen LogP contribution in [0.5, 0.6) is 0 Å². The molecule has 166 valence electrons. The molecule has 1 atom stereocenters. The quantitative estimate of drug-likeness (QED) is 0.495. The summed E-state index contributed by atoms with van der Waals surface area (Å²) in [7, 11) is 3.09. The van der Waals surface area contributed by atoms with Gasteiger partial charge in [0.1, 0.15) is 5.82 Å². The van der Waals surface area contributed by atoms with Crippen LogP contribution < -0.4 is 17.0 Å². The Bertz CT molecular complexity index is 1050. The third-order valence-electron chi connectivity index (χ3n) is 5.38. The molecule has 0 amide bonds. The van der Waals surface area contributed by atoms with E-state index in [4.69, 9.17) is 5.73 Å². The highest BCUT2D eigenvalue weighted by Gasteiger charge is 2.11. The Morgan fingerprint density at radius 3 is 2.45 bits per heavy atom. The zero-order valence-corrected chi connectivity index (χ0v) is 19.1. The number of aromatic nitrogens is 2. The molecule has 2 aromatic rings. The molecule has 0 bridgehead atoms. The van der Waals surface area contributed by atoms with Gasteiger partial charge in [-0.2, -0.15) is 0 Å². The molecule has 2 N–H and O–H groups in total. The Morgan fingerprint density at radius 2 is 1.81 bits per heavy atom. The number of hydrogen-bond acceptors (Lipinski definition) is 4. The summed E-state index contributed by atoms with van der Waals surface area (Å²) in [6, 6.07) is 8.41. The second-order valence-electron chi connectivity index (χ2n) is 7.83. The van der Waals surface area contributed by atoms with Crippen LogP contribution in [0.2, 0.25) is 0 Å². The van der Waals surface area contributed by atoms with Gasteiger partial charge in [-0.05, 0) is 44.6 Å². The molecule has 0 aliphatic rings. The fourth-order valence-corrected chi connectivity index (χ4v) is 3.20. The molecule has 0 radical (unpaired) electrons. The van der Waals surface area contributed by atoms with E-state index in [2.05, 4.69) is 48.1 Å². The normalized spacial score (nSPS) is 13.4. The summed E-state index contributed by atoms with van der Waals surface area (Å²) in [4.78, 5) is 33.1. The SMILES string of the molecule is CCC(/C=N\c1c(C)c(=O)n(C)c(=O)n1C)CC/C(N)=N/C=C/Cc1ccc(C)cc1. The summed E-state index contributed by atoms with van der Waals surface area (Å²) in [6.07, 6.45) is 8.68. The zero-order valence-electron chi connectivity index (χ0n) is 19.1. The molecule has 1 unspecified atom stereocenters. The molecule has 31 heavy (non-hydrogen) atoms. The highest BCUT2D eigenvalue weighted by Crippen LogP contribution is 2.15. The van der Waals surface area contributed by atoms with Crippen LogP contribution in [-0.2, 0) is 20.5 Å². The minimum absolute atomic E-state index is 0.170. The predicted octanol–water partition coefficient (Wildman–Crippen LogP) is 3.32. The van der Waals surface area contributed by atoms with Gasteiger partial charge in [0.2, 0.25) is 0 Å². The predicted molar refractivity (Wildman–Crippen MR) is 128 cm³/mol. The van der Waals surface area contributed by atoms with Gasteiger partial charge in [0, 0.05) is 32.9 Å². The molecule has 0 aliphatic heterocycles. The van der Waals surface area contributed by atoms with Crippen molar-refractivity contribution in [2.45, 2.75) is 46.5 Å². The van der Waals surface area contributed by atoms with Gasteiger partial charge in [0.15, 0.2) is 0 Å². The monoisotopic (exact) mass is 423 g/mol. The van der Waals surface area contributed by atoms with Crippen LogP contribution >= 0.6 is 0 Å². The van der Waals surface area contributed by atoms with Crippen molar-refractivity contribution in [1.82, 2.24) is 9.13 Å². The number of allylic oxidation sites excluding steroid dienone is 1. The highest BCUT2D eigenvalue weighted by atomic mass is 16.2. The van der Waals surface area contributed by atoms with Crippen molar-refractivity contribution < 1.29 is 0 Å². The van der Waals surface area contributed by atoms with Crippen LogP contribution in [0, 0.1) is 19.8 Å². The Morgan fingerprint density at radius 1 is 1.13 bits per heavy atom. The number of amidine groups is 1. The van der Waals surface area contributed by atoms with Crippen LogP contribution in [0.15, 0.2) is 56.1 Å². The summed E-state index contributed by atoms with van der Waals surface area (Å²) < 4.78 is 2.49. The Balaban J connectivity index is 1.96. The number of aryl methyl sites for hydroxylation is 1. The van der Waals surface area contributed by atoms with E-state index in [0.29, 0.717) is 23.6 Å². The molecule has 0 fully saturated rings. The topological polar surface area (TPSA) is 94.7 Å². The maximum atomic E-state index is 12.2. The van der Waals surface area contributed by atoms with Gasteiger partial charge >= 0.3 is 5.69 Å².